The molecule has 6 heteroatoms. The van der Waals surface area contributed by atoms with Gasteiger partial charge in [-0.05, 0) is 37.4 Å². The molecule has 1 unspecified atom stereocenters. The van der Waals surface area contributed by atoms with Crippen molar-refractivity contribution < 1.29 is 9.32 Å². The van der Waals surface area contributed by atoms with E-state index in [1.807, 2.05) is 24.3 Å². The molecule has 3 heterocycles. The smallest absolute Gasteiger partial charge is 0.299 e. The second-order valence-corrected chi connectivity index (χ2v) is 5.44. The van der Waals surface area contributed by atoms with Gasteiger partial charge in [0.1, 0.15) is 0 Å². The van der Waals surface area contributed by atoms with E-state index in [1.54, 1.807) is 4.90 Å². The van der Waals surface area contributed by atoms with Gasteiger partial charge in [0.15, 0.2) is 0 Å². The minimum absolute atomic E-state index is 0.0879. The van der Waals surface area contributed by atoms with Gasteiger partial charge < -0.3 is 14.7 Å². The molecule has 108 valence electrons. The lowest BCUT2D eigenvalue weighted by Gasteiger charge is -2.14. The van der Waals surface area contributed by atoms with Crippen LogP contribution in [0.1, 0.15) is 41.0 Å². The molecule has 21 heavy (non-hydrogen) atoms. The second kappa shape index (κ2) is 4.96. The Bertz CT molecular complexity index is 676. The van der Waals surface area contributed by atoms with Crippen LogP contribution in [0.15, 0.2) is 28.8 Å². The summed E-state index contributed by atoms with van der Waals surface area (Å²) in [6, 6.07) is 8.02. The number of nitrogens with zero attached hydrogens (tertiary/aromatic N) is 3. The normalized spacial score (nSPS) is 20.8. The third-order valence-electron chi connectivity index (χ3n) is 4.12. The Hall–Kier alpha value is -2.21. The van der Waals surface area contributed by atoms with Crippen molar-refractivity contribution in [1.82, 2.24) is 15.5 Å². The van der Waals surface area contributed by atoms with Crippen molar-refractivity contribution in [2.75, 3.05) is 18.0 Å². The maximum Gasteiger partial charge on any atom is 0.299 e. The Balaban J connectivity index is 1.58. The van der Waals surface area contributed by atoms with Crippen LogP contribution in [0.25, 0.3) is 0 Å². The van der Waals surface area contributed by atoms with Crippen LogP contribution < -0.4 is 10.2 Å². The summed E-state index contributed by atoms with van der Waals surface area (Å²) < 4.78 is 5.25. The summed E-state index contributed by atoms with van der Waals surface area (Å²) in [5.74, 6) is 0.478. The number of fused-ring (bicyclic) bond motifs is 1. The van der Waals surface area contributed by atoms with Crippen molar-refractivity contribution in [2.24, 2.45) is 0 Å². The number of benzene rings is 1. The Kier molecular flexibility index (Phi) is 2.96. The van der Waals surface area contributed by atoms with Crippen LogP contribution in [0.3, 0.4) is 0 Å². The Labute approximate surface area is 122 Å². The lowest BCUT2D eigenvalue weighted by atomic mass is 10.2. The van der Waals surface area contributed by atoms with Crippen molar-refractivity contribution in [3.63, 3.8) is 0 Å². The van der Waals surface area contributed by atoms with E-state index in [4.69, 9.17) is 4.52 Å². The van der Waals surface area contributed by atoms with Crippen LogP contribution >= 0.6 is 0 Å². The van der Waals surface area contributed by atoms with Gasteiger partial charge >= 0.3 is 0 Å². The van der Waals surface area contributed by atoms with Gasteiger partial charge in [-0.15, -0.1) is 0 Å². The second-order valence-electron chi connectivity index (χ2n) is 5.44. The zero-order valence-corrected chi connectivity index (χ0v) is 11.6. The largest absolute Gasteiger partial charge is 0.337 e. The molecular weight excluding hydrogens is 268 g/mol. The van der Waals surface area contributed by atoms with E-state index in [9.17, 15) is 4.79 Å². The Morgan fingerprint density at radius 3 is 3.14 bits per heavy atom. The lowest BCUT2D eigenvalue weighted by molar-refractivity contribution is 0.0976. The molecule has 0 aliphatic carbocycles. The molecule has 6 nitrogen and oxygen atoms in total. The highest BCUT2D eigenvalue weighted by atomic mass is 16.5. The van der Waals surface area contributed by atoms with Gasteiger partial charge in [0.2, 0.25) is 5.89 Å². The van der Waals surface area contributed by atoms with E-state index in [1.165, 1.54) is 5.56 Å². The van der Waals surface area contributed by atoms with Gasteiger partial charge in [0, 0.05) is 12.2 Å². The maximum atomic E-state index is 12.6. The summed E-state index contributed by atoms with van der Waals surface area (Å²) in [4.78, 5) is 18.6. The van der Waals surface area contributed by atoms with E-state index in [0.717, 1.165) is 31.5 Å². The molecule has 0 spiro atoms. The van der Waals surface area contributed by atoms with E-state index in [0.29, 0.717) is 12.4 Å². The zero-order valence-electron chi connectivity index (χ0n) is 11.6. The van der Waals surface area contributed by atoms with Crippen molar-refractivity contribution in [1.29, 1.82) is 0 Å². The minimum atomic E-state index is -0.187. The highest BCUT2D eigenvalue weighted by Crippen LogP contribution is 2.29. The molecule has 2 aromatic rings. The minimum Gasteiger partial charge on any atom is -0.337 e. The van der Waals surface area contributed by atoms with Crippen LogP contribution in [0.2, 0.25) is 0 Å². The molecule has 1 aromatic carbocycles. The van der Waals surface area contributed by atoms with Gasteiger partial charge in [-0.1, -0.05) is 23.4 Å². The fraction of sp³-hybridized carbons (Fsp3) is 0.400. The Morgan fingerprint density at radius 2 is 2.29 bits per heavy atom. The molecule has 2 aliphatic rings. The van der Waals surface area contributed by atoms with Crippen LogP contribution in [-0.2, 0) is 6.42 Å². The summed E-state index contributed by atoms with van der Waals surface area (Å²) in [6.45, 7) is 1.62. The van der Waals surface area contributed by atoms with E-state index < -0.39 is 0 Å². The van der Waals surface area contributed by atoms with Crippen LogP contribution in [0, 0.1) is 0 Å². The van der Waals surface area contributed by atoms with Crippen molar-refractivity contribution >= 4 is 11.6 Å². The van der Waals surface area contributed by atoms with Crippen molar-refractivity contribution in [3.8, 4) is 0 Å². The average Bonchev–Trinajstić information content (AvgIpc) is 3.25. The zero-order chi connectivity index (χ0) is 14.2. The number of amides is 1. The molecule has 1 fully saturated rings. The molecule has 1 N–H and O–H groups in total. The summed E-state index contributed by atoms with van der Waals surface area (Å²) in [7, 11) is 0. The van der Waals surface area contributed by atoms with E-state index >= 15 is 0 Å². The molecule has 0 bridgehead atoms. The monoisotopic (exact) mass is 284 g/mol. The lowest BCUT2D eigenvalue weighted by Crippen LogP contribution is -2.29. The average molecular weight is 284 g/mol. The number of rotatable bonds is 2. The topological polar surface area (TPSA) is 71.3 Å². The molecule has 2 aliphatic heterocycles. The Morgan fingerprint density at radius 1 is 1.38 bits per heavy atom. The summed E-state index contributed by atoms with van der Waals surface area (Å²) in [6.07, 6.45) is 2.94. The number of hydrogen-bond donors (Lipinski definition) is 1. The van der Waals surface area contributed by atoms with Gasteiger partial charge in [-0.2, -0.15) is 4.98 Å². The summed E-state index contributed by atoms with van der Waals surface area (Å²) in [5.41, 5.74) is 2.14. The first-order valence-electron chi connectivity index (χ1n) is 7.30. The fourth-order valence-corrected chi connectivity index (χ4v) is 3.03. The fourth-order valence-electron chi connectivity index (χ4n) is 3.03. The van der Waals surface area contributed by atoms with Crippen LogP contribution in [0.5, 0.6) is 0 Å². The summed E-state index contributed by atoms with van der Waals surface area (Å²) >= 11 is 0. The predicted octanol–water partition coefficient (Wildman–Crippen LogP) is 1.70. The summed E-state index contributed by atoms with van der Waals surface area (Å²) in [5, 5.41) is 7.15. The number of nitrogens with one attached hydrogen (secondary N) is 1. The maximum absolute atomic E-state index is 12.6. The van der Waals surface area contributed by atoms with Gasteiger partial charge in [-0.25, -0.2) is 0 Å². The predicted molar refractivity (Wildman–Crippen MR) is 76.1 cm³/mol. The molecule has 0 radical (unpaired) electrons. The third kappa shape index (κ3) is 2.12. The number of aromatic nitrogens is 2. The van der Waals surface area contributed by atoms with Crippen LogP contribution in [0.4, 0.5) is 5.69 Å². The molecule has 1 atom stereocenters. The number of para-hydroxylation sites is 1. The van der Waals surface area contributed by atoms with Crippen molar-refractivity contribution in [3.05, 3.63) is 41.5 Å². The number of carbonyl (C=O) groups is 1. The number of carbonyl (C=O) groups excluding carboxylic acids is 1. The highest BCUT2D eigenvalue weighted by molar-refractivity contribution is 6.04. The van der Waals surface area contributed by atoms with Gasteiger partial charge in [0.25, 0.3) is 11.7 Å². The molecule has 4 rings (SSSR count). The molecular formula is C15H16N4O2. The van der Waals surface area contributed by atoms with E-state index in [2.05, 4.69) is 15.5 Å². The molecule has 1 aromatic heterocycles. The number of anilines is 1. The molecule has 1 amide bonds. The molecule has 0 saturated carbocycles. The van der Waals surface area contributed by atoms with Gasteiger partial charge in [0.05, 0.1) is 6.04 Å². The number of hydrogen-bond acceptors (Lipinski definition) is 5. The SMILES string of the molecule is O=C(c1noc(C2CCCN2)n1)N1CCc2ccccc21. The first-order chi connectivity index (χ1) is 10.3. The molecule has 1 saturated heterocycles. The van der Waals surface area contributed by atoms with Crippen molar-refractivity contribution in [2.45, 2.75) is 25.3 Å². The van der Waals surface area contributed by atoms with Gasteiger partial charge in [-0.3, -0.25) is 4.79 Å². The van der Waals surface area contributed by atoms with Crippen LogP contribution in [-0.4, -0.2) is 29.1 Å². The van der Waals surface area contributed by atoms with E-state index in [-0.39, 0.29) is 17.8 Å². The first-order valence-corrected chi connectivity index (χ1v) is 7.30. The first kappa shape index (κ1) is 12.5. The highest BCUT2D eigenvalue weighted by Gasteiger charge is 2.30. The standard InChI is InChI=1S/C15H16N4O2/c20-15(19-9-7-10-4-1-2-6-12(10)19)13-17-14(21-18-13)11-5-3-8-16-11/h1-2,4,6,11,16H,3,5,7-9H2. The quantitative estimate of drug-likeness (QED) is 0.908. The third-order valence-corrected chi connectivity index (χ3v) is 4.12.